The van der Waals surface area contributed by atoms with Crippen molar-refractivity contribution in [3.63, 3.8) is 0 Å². The summed E-state index contributed by atoms with van der Waals surface area (Å²) in [7, 11) is 0. The third-order valence-electron chi connectivity index (χ3n) is 3.59. The van der Waals surface area contributed by atoms with E-state index >= 15 is 0 Å². The molecule has 208 valence electrons. The zero-order valence-electron chi connectivity index (χ0n) is 22.9. The molecule has 35 heavy (non-hydrogen) atoms. The number of unbranched alkanes of at least 4 members (excludes halogenated alkanes) is 4. The molecule has 0 aliphatic rings. The van der Waals surface area contributed by atoms with Crippen molar-refractivity contribution in [2.75, 3.05) is 51.1 Å². The van der Waals surface area contributed by atoms with Crippen molar-refractivity contribution in [1.29, 1.82) is 0 Å². The fraction of sp³-hybridized carbons (Fsp3) is 0.846. The Morgan fingerprint density at radius 1 is 0.600 bits per heavy atom. The van der Waals surface area contributed by atoms with Crippen molar-refractivity contribution in [3.8, 4) is 0 Å². The summed E-state index contributed by atoms with van der Waals surface area (Å²) in [5.41, 5.74) is 0. The maximum Gasteiger partial charge on any atom is 2.00 e. The number of esters is 2. The van der Waals surface area contributed by atoms with Crippen molar-refractivity contribution in [2.24, 2.45) is 0 Å². The predicted molar refractivity (Wildman–Crippen MR) is 153 cm³/mol. The van der Waals surface area contributed by atoms with Gasteiger partial charge in [-0.3, -0.25) is 9.59 Å². The Balaban J connectivity index is -0.000000128. The van der Waals surface area contributed by atoms with Crippen LogP contribution >= 0.6 is 0 Å². The average molecular weight is 644 g/mol. The van der Waals surface area contributed by atoms with Gasteiger partial charge in [-0.1, -0.05) is 80.1 Å². The maximum absolute atomic E-state index is 10.8. The summed E-state index contributed by atoms with van der Waals surface area (Å²) in [6.07, 6.45) is 9.56. The first-order valence-electron chi connectivity index (χ1n) is 12.7. The molecule has 6 nitrogen and oxygen atoms in total. The van der Waals surface area contributed by atoms with Crippen molar-refractivity contribution in [3.05, 3.63) is 13.8 Å². The van der Waals surface area contributed by atoms with E-state index in [4.69, 9.17) is 18.9 Å². The van der Waals surface area contributed by atoms with E-state index in [1.54, 1.807) is 0 Å². The predicted octanol–water partition coefficient (Wildman–Crippen LogP) is 5.43. The third kappa shape index (κ3) is 60.6. The SMILES string of the molecule is CCCCOCCOC(=O)CC[S-].CCCCOCCOC(=O)CC[S-].[CH2]CCC.[CH2]CCC.[Sn+2]. The van der Waals surface area contributed by atoms with E-state index in [1.165, 1.54) is 12.8 Å². The van der Waals surface area contributed by atoms with Gasteiger partial charge in [-0.25, -0.2) is 0 Å². The van der Waals surface area contributed by atoms with Crippen LogP contribution in [-0.4, -0.2) is 87.0 Å². The van der Waals surface area contributed by atoms with Crippen molar-refractivity contribution >= 4 is 61.1 Å². The largest absolute Gasteiger partial charge is 2.00 e. The molecular weight excluding hydrogens is 591 g/mol. The Kier molecular flexibility index (Phi) is 61.5. The summed E-state index contributed by atoms with van der Waals surface area (Å²) in [4.78, 5) is 21.6. The van der Waals surface area contributed by atoms with Crippen LogP contribution in [0.2, 0.25) is 0 Å². The molecule has 0 bridgehead atoms. The minimum Gasteiger partial charge on any atom is -0.792 e. The first kappa shape index (κ1) is 45.3. The molecule has 0 aliphatic carbocycles. The first-order valence-corrected chi connectivity index (χ1v) is 13.8. The van der Waals surface area contributed by atoms with Gasteiger partial charge in [0.25, 0.3) is 0 Å². The van der Waals surface area contributed by atoms with Crippen LogP contribution < -0.4 is 0 Å². The molecule has 0 aromatic carbocycles. The van der Waals surface area contributed by atoms with E-state index in [2.05, 4.69) is 66.8 Å². The monoisotopic (exact) mass is 644 g/mol. The topological polar surface area (TPSA) is 71.1 Å². The standard InChI is InChI=1S/2C9H18O3S.2C4H9.Sn/c2*1-2-3-5-11-6-7-12-9(10)4-8-13;2*1-3-4-2;/h2*13H,2-8H2,1H3;2*1,3-4H2,2H3;/q;;;;+2/p-2. The molecule has 0 aromatic heterocycles. The Morgan fingerprint density at radius 2 is 0.914 bits per heavy atom. The van der Waals surface area contributed by atoms with Crippen LogP contribution in [0.1, 0.15) is 91.9 Å². The molecule has 0 spiro atoms. The van der Waals surface area contributed by atoms with Crippen LogP contribution in [0.4, 0.5) is 0 Å². The summed E-state index contributed by atoms with van der Waals surface area (Å²) >= 11 is 9.26. The number of ether oxygens (including phenoxy) is 4. The third-order valence-corrected chi connectivity index (χ3v) is 3.99. The smallest absolute Gasteiger partial charge is 0.792 e. The maximum atomic E-state index is 10.8. The second-order valence-corrected chi connectivity index (χ2v) is 7.80. The van der Waals surface area contributed by atoms with E-state index in [1.807, 2.05) is 0 Å². The second kappa shape index (κ2) is 47.5. The molecule has 0 saturated carbocycles. The van der Waals surface area contributed by atoms with Crippen molar-refractivity contribution < 1.29 is 28.5 Å². The number of hydrogen-bond donors (Lipinski definition) is 0. The Morgan fingerprint density at radius 3 is 1.14 bits per heavy atom. The van der Waals surface area contributed by atoms with Crippen molar-refractivity contribution in [1.82, 2.24) is 0 Å². The molecule has 9 heteroatoms. The van der Waals surface area contributed by atoms with Crippen LogP contribution in [0.15, 0.2) is 0 Å². The molecule has 0 saturated heterocycles. The summed E-state index contributed by atoms with van der Waals surface area (Å²) in [6, 6.07) is 0. The molecule has 0 unspecified atom stereocenters. The number of rotatable bonds is 18. The van der Waals surface area contributed by atoms with E-state index < -0.39 is 0 Å². The summed E-state index contributed by atoms with van der Waals surface area (Å²) in [5.74, 6) is 0.397. The summed E-state index contributed by atoms with van der Waals surface area (Å²) in [5, 5.41) is 0. The Labute approximate surface area is 245 Å². The zero-order chi connectivity index (χ0) is 26.7. The van der Waals surface area contributed by atoms with Gasteiger partial charge < -0.3 is 44.2 Å². The molecule has 0 rings (SSSR count). The fourth-order valence-electron chi connectivity index (χ4n) is 1.44. The number of carbonyl (C=O) groups excluding carboxylic acids is 2. The van der Waals surface area contributed by atoms with E-state index in [0.29, 0.717) is 50.8 Å². The second-order valence-electron chi connectivity index (χ2n) is 6.99. The quantitative estimate of drug-likeness (QED) is 0.0849. The fourth-order valence-corrected chi connectivity index (χ4v) is 1.77. The zero-order valence-corrected chi connectivity index (χ0v) is 27.4. The molecule has 4 radical (unpaired) electrons. The molecule has 0 N–H and O–H groups in total. The van der Waals surface area contributed by atoms with Gasteiger partial charge in [-0.05, 0) is 12.8 Å². The number of hydrogen-bond acceptors (Lipinski definition) is 8. The average Bonchev–Trinajstić information content (AvgIpc) is 2.84. The molecule has 0 fully saturated rings. The number of carbonyl (C=O) groups is 2. The van der Waals surface area contributed by atoms with Crippen LogP contribution in [0.25, 0.3) is 0 Å². The summed E-state index contributed by atoms with van der Waals surface area (Å²) in [6.45, 7) is 18.8. The first-order chi connectivity index (χ1) is 16.4. The molecule has 0 atom stereocenters. The van der Waals surface area contributed by atoms with Gasteiger partial charge in [0.15, 0.2) is 0 Å². The minimum atomic E-state index is -0.228. The van der Waals surface area contributed by atoms with Gasteiger partial charge in [-0.15, -0.1) is 0 Å². The normalized spacial score (nSPS) is 9.14. The van der Waals surface area contributed by atoms with Crippen LogP contribution in [0.5, 0.6) is 0 Å². The summed E-state index contributed by atoms with van der Waals surface area (Å²) < 4.78 is 20.1. The van der Waals surface area contributed by atoms with E-state index in [9.17, 15) is 9.59 Å². The van der Waals surface area contributed by atoms with Gasteiger partial charge in [-0.2, -0.15) is 11.5 Å². The van der Waals surface area contributed by atoms with Gasteiger partial charge in [0.2, 0.25) is 0 Å². The molecule has 0 aromatic rings. The van der Waals surface area contributed by atoms with Gasteiger partial charge in [0.1, 0.15) is 13.2 Å². The van der Waals surface area contributed by atoms with E-state index in [0.717, 1.165) is 51.7 Å². The van der Waals surface area contributed by atoms with Gasteiger partial charge >= 0.3 is 35.8 Å². The van der Waals surface area contributed by atoms with E-state index in [-0.39, 0.29) is 35.8 Å². The Hall–Kier alpha value is 0.359. The molecule has 0 heterocycles. The van der Waals surface area contributed by atoms with Crippen molar-refractivity contribution in [2.45, 2.75) is 91.9 Å². The molecular formula is C26H52O6S2Sn. The van der Waals surface area contributed by atoms with Gasteiger partial charge in [0.05, 0.1) is 13.2 Å². The Bertz CT molecular complexity index is 340. The minimum absolute atomic E-state index is 0. The van der Waals surface area contributed by atoms with Gasteiger partial charge in [0, 0.05) is 26.1 Å². The molecule has 0 amide bonds. The molecule has 0 aliphatic heterocycles. The van der Waals surface area contributed by atoms with Crippen LogP contribution in [0.3, 0.4) is 0 Å². The van der Waals surface area contributed by atoms with Crippen LogP contribution in [-0.2, 0) is 53.8 Å². The van der Waals surface area contributed by atoms with Crippen LogP contribution in [0, 0.1) is 13.8 Å².